The Morgan fingerprint density at radius 3 is 2.71 bits per heavy atom. The molecule has 2 aromatic rings. The molecule has 1 heterocycles. The average Bonchev–Trinajstić information content (AvgIpc) is 3.12. The molecule has 24 heavy (non-hydrogen) atoms. The first-order valence-corrected chi connectivity index (χ1v) is 8.19. The van der Waals surface area contributed by atoms with Gasteiger partial charge in [0.15, 0.2) is 0 Å². The molecular formula is C16H17ClF3N3O. The van der Waals surface area contributed by atoms with Gasteiger partial charge in [0.2, 0.25) is 5.91 Å². The molecule has 0 unspecified atom stereocenters. The molecule has 8 heteroatoms. The number of nitrogens with zero attached hydrogens (tertiary/aromatic N) is 1. The topological polar surface area (TPSA) is 57.8 Å². The third-order valence-electron chi connectivity index (χ3n) is 4.57. The van der Waals surface area contributed by atoms with E-state index >= 15 is 0 Å². The number of nitrogens with one attached hydrogen (secondary N) is 2. The van der Waals surface area contributed by atoms with Crippen LogP contribution in [0.4, 0.5) is 13.2 Å². The van der Waals surface area contributed by atoms with Crippen molar-refractivity contribution >= 4 is 28.5 Å². The number of hydrogen-bond donors (Lipinski definition) is 2. The largest absolute Gasteiger partial charge is 0.403 e. The number of aromatic nitrogens is 2. The highest BCUT2D eigenvalue weighted by Crippen LogP contribution is 2.50. The lowest BCUT2D eigenvalue weighted by molar-refractivity contribution is -0.220. The Hall–Kier alpha value is -1.76. The molecule has 1 fully saturated rings. The van der Waals surface area contributed by atoms with Crippen LogP contribution in [0.5, 0.6) is 0 Å². The van der Waals surface area contributed by atoms with Crippen molar-refractivity contribution in [3.05, 3.63) is 29.0 Å². The highest BCUT2D eigenvalue weighted by molar-refractivity contribution is 6.31. The average molecular weight is 360 g/mol. The van der Waals surface area contributed by atoms with Crippen LogP contribution in [0.1, 0.15) is 31.5 Å². The quantitative estimate of drug-likeness (QED) is 0.867. The Balaban J connectivity index is 1.63. The first-order chi connectivity index (χ1) is 11.3. The number of hydrogen-bond acceptors (Lipinski definition) is 2. The molecule has 1 aromatic carbocycles. The Labute approximate surface area is 141 Å². The third kappa shape index (κ3) is 3.09. The molecule has 130 valence electrons. The van der Waals surface area contributed by atoms with Crippen LogP contribution in [0.25, 0.3) is 11.0 Å². The van der Waals surface area contributed by atoms with E-state index in [2.05, 4.69) is 15.3 Å². The second-order valence-corrected chi connectivity index (χ2v) is 6.57. The summed E-state index contributed by atoms with van der Waals surface area (Å²) in [5, 5.41) is 3.00. The Morgan fingerprint density at radius 2 is 2.04 bits per heavy atom. The molecule has 1 aromatic heterocycles. The molecule has 0 atom stereocenters. The van der Waals surface area contributed by atoms with Gasteiger partial charge in [-0.2, -0.15) is 13.2 Å². The van der Waals surface area contributed by atoms with Crippen LogP contribution in [0.2, 0.25) is 5.02 Å². The van der Waals surface area contributed by atoms with Crippen LogP contribution >= 0.6 is 11.6 Å². The van der Waals surface area contributed by atoms with Gasteiger partial charge >= 0.3 is 6.18 Å². The van der Waals surface area contributed by atoms with Crippen LogP contribution < -0.4 is 5.32 Å². The number of H-pyrrole nitrogens is 1. The van der Waals surface area contributed by atoms with E-state index in [-0.39, 0.29) is 19.4 Å². The summed E-state index contributed by atoms with van der Waals surface area (Å²) < 4.78 is 39.9. The Morgan fingerprint density at radius 1 is 1.33 bits per heavy atom. The van der Waals surface area contributed by atoms with Gasteiger partial charge in [-0.1, -0.05) is 24.4 Å². The summed E-state index contributed by atoms with van der Waals surface area (Å²) >= 11 is 5.89. The summed E-state index contributed by atoms with van der Waals surface area (Å²) in [6, 6.07) is 5.19. The molecule has 2 N–H and O–H groups in total. The first-order valence-electron chi connectivity index (χ1n) is 7.81. The molecule has 1 aliphatic rings. The molecule has 3 rings (SSSR count). The number of aromatic amines is 1. The van der Waals surface area contributed by atoms with Crippen LogP contribution in [0, 0.1) is 5.41 Å². The van der Waals surface area contributed by atoms with Crippen molar-refractivity contribution < 1.29 is 18.0 Å². The van der Waals surface area contributed by atoms with Gasteiger partial charge < -0.3 is 10.3 Å². The highest BCUT2D eigenvalue weighted by Gasteiger charge is 2.60. The highest BCUT2D eigenvalue weighted by atomic mass is 35.5. The fourth-order valence-corrected chi connectivity index (χ4v) is 3.41. The van der Waals surface area contributed by atoms with Gasteiger partial charge in [0.25, 0.3) is 0 Å². The fraction of sp³-hybridized carbons (Fsp3) is 0.500. The number of rotatable bonds is 4. The Kier molecular flexibility index (Phi) is 4.46. The van der Waals surface area contributed by atoms with E-state index in [0.29, 0.717) is 30.1 Å². The lowest BCUT2D eigenvalue weighted by atomic mass is 9.84. The van der Waals surface area contributed by atoms with E-state index in [1.807, 2.05) is 0 Å². The predicted octanol–water partition coefficient (Wildman–Crippen LogP) is 4.00. The Bertz CT molecular complexity index is 751. The molecule has 0 bridgehead atoms. The standard InChI is InChI=1S/C16H17ClF3N3O/c17-10-3-4-11-12(9-10)23-13(22-11)5-8-21-14(24)15(16(18,19)20)6-1-2-7-15/h3-4,9H,1-2,5-8H2,(H,21,24)(H,22,23). The van der Waals surface area contributed by atoms with Crippen LogP contribution in [-0.2, 0) is 11.2 Å². The van der Waals surface area contributed by atoms with Crippen LogP contribution in [0.3, 0.4) is 0 Å². The summed E-state index contributed by atoms with van der Waals surface area (Å²) in [5.41, 5.74) is -0.747. The van der Waals surface area contributed by atoms with Crippen molar-refractivity contribution in [3.8, 4) is 0 Å². The summed E-state index contributed by atoms with van der Waals surface area (Å²) in [7, 11) is 0. The summed E-state index contributed by atoms with van der Waals surface area (Å²) in [5.74, 6) is -0.327. The predicted molar refractivity (Wildman–Crippen MR) is 84.8 cm³/mol. The normalized spacial score (nSPS) is 17.3. The zero-order valence-electron chi connectivity index (χ0n) is 12.8. The second kappa shape index (κ2) is 6.27. The van der Waals surface area contributed by atoms with Crippen molar-refractivity contribution in [1.82, 2.24) is 15.3 Å². The number of benzene rings is 1. The summed E-state index contributed by atoms with van der Waals surface area (Å²) in [6.45, 7) is 0.101. The zero-order valence-corrected chi connectivity index (χ0v) is 13.6. The summed E-state index contributed by atoms with van der Waals surface area (Å²) in [6.07, 6.45) is -3.60. The van der Waals surface area contributed by atoms with E-state index in [1.54, 1.807) is 18.2 Å². The number of alkyl halides is 3. The van der Waals surface area contributed by atoms with Crippen LogP contribution in [-0.4, -0.2) is 28.6 Å². The smallest absolute Gasteiger partial charge is 0.355 e. The minimum absolute atomic E-state index is 0.101. The maximum absolute atomic E-state index is 13.3. The van der Waals surface area contributed by atoms with Crippen molar-refractivity contribution in [1.29, 1.82) is 0 Å². The van der Waals surface area contributed by atoms with Gasteiger partial charge in [0.05, 0.1) is 11.0 Å². The monoisotopic (exact) mass is 359 g/mol. The number of amides is 1. The molecule has 1 aliphatic carbocycles. The zero-order chi connectivity index (χ0) is 17.4. The summed E-state index contributed by atoms with van der Waals surface area (Å²) in [4.78, 5) is 19.5. The number of imidazole rings is 1. The molecule has 0 aliphatic heterocycles. The van der Waals surface area contributed by atoms with Crippen molar-refractivity contribution in [3.63, 3.8) is 0 Å². The SMILES string of the molecule is O=C(NCCc1nc2ccc(Cl)cc2[nH]1)C1(C(F)(F)F)CCCC1. The third-order valence-corrected chi connectivity index (χ3v) is 4.81. The lowest BCUT2D eigenvalue weighted by Gasteiger charge is -2.30. The van der Waals surface area contributed by atoms with E-state index in [1.165, 1.54) is 0 Å². The number of fused-ring (bicyclic) bond motifs is 1. The molecule has 1 amide bonds. The van der Waals surface area contributed by atoms with Gasteiger partial charge in [-0.3, -0.25) is 4.79 Å². The first kappa shape index (κ1) is 17.1. The van der Waals surface area contributed by atoms with Crippen molar-refractivity contribution in [2.75, 3.05) is 6.54 Å². The minimum atomic E-state index is -4.51. The molecule has 1 saturated carbocycles. The van der Waals surface area contributed by atoms with Gasteiger partial charge in [0.1, 0.15) is 11.2 Å². The molecule has 0 saturated heterocycles. The lowest BCUT2D eigenvalue weighted by Crippen LogP contribution is -2.49. The van der Waals surface area contributed by atoms with E-state index in [0.717, 1.165) is 11.0 Å². The number of carbonyl (C=O) groups excluding carboxylic acids is 1. The van der Waals surface area contributed by atoms with E-state index in [9.17, 15) is 18.0 Å². The number of carbonyl (C=O) groups is 1. The fourth-order valence-electron chi connectivity index (χ4n) is 3.23. The maximum Gasteiger partial charge on any atom is 0.403 e. The van der Waals surface area contributed by atoms with Crippen molar-refractivity contribution in [2.24, 2.45) is 5.41 Å². The van der Waals surface area contributed by atoms with Crippen LogP contribution in [0.15, 0.2) is 18.2 Å². The van der Waals surface area contributed by atoms with Gasteiger partial charge in [-0.25, -0.2) is 4.98 Å². The second-order valence-electron chi connectivity index (χ2n) is 6.14. The van der Waals surface area contributed by atoms with Crippen molar-refractivity contribution in [2.45, 2.75) is 38.3 Å². The minimum Gasteiger partial charge on any atom is -0.355 e. The maximum atomic E-state index is 13.3. The number of halogens is 4. The van der Waals surface area contributed by atoms with Gasteiger partial charge in [0, 0.05) is 18.0 Å². The molecule has 0 radical (unpaired) electrons. The molecule has 0 spiro atoms. The molecular weight excluding hydrogens is 343 g/mol. The van der Waals surface area contributed by atoms with Gasteiger partial charge in [-0.15, -0.1) is 0 Å². The van der Waals surface area contributed by atoms with Gasteiger partial charge in [-0.05, 0) is 31.0 Å². The molecule has 4 nitrogen and oxygen atoms in total. The van der Waals surface area contributed by atoms with E-state index < -0.39 is 17.5 Å². The van der Waals surface area contributed by atoms with E-state index in [4.69, 9.17) is 11.6 Å².